The first-order valence-corrected chi connectivity index (χ1v) is 24.9. The quantitative estimate of drug-likeness (QED) is 0.345. The predicted molar refractivity (Wildman–Crippen MR) is 138 cm³/mol. The molecule has 0 aliphatic heterocycles. The van der Waals surface area contributed by atoms with Crippen molar-refractivity contribution in [3.63, 3.8) is 0 Å². The number of hydrogen-bond acceptors (Lipinski definition) is 0. The predicted octanol–water partition coefficient (Wildman–Crippen LogP) is 7.83. The first-order valence-electron chi connectivity index (χ1n) is 11.4. The molecule has 4 heteroatoms. The molecule has 0 unspecified atom stereocenters. The Hall–Kier alpha value is -1.12. The van der Waals surface area contributed by atoms with Crippen molar-refractivity contribution < 1.29 is 26.8 Å². The summed E-state index contributed by atoms with van der Waals surface area (Å²) < 4.78 is 7.69. The van der Waals surface area contributed by atoms with E-state index in [1.54, 1.807) is 14.4 Å². The summed E-state index contributed by atoms with van der Waals surface area (Å²) in [6.45, 7) is 16.4. The van der Waals surface area contributed by atoms with Crippen LogP contribution in [0.4, 0.5) is 9.41 Å². The summed E-state index contributed by atoms with van der Waals surface area (Å²) in [4.78, 5) is 0. The van der Waals surface area contributed by atoms with E-state index in [4.69, 9.17) is 0 Å². The number of allylic oxidation sites excluding steroid dienone is 4. The largest absolute Gasteiger partial charge is 0.269 e. The SMILES string of the molecule is CC(C)(C)c1ccc2c(c1)[CH]([Zr]([CH3])([CH3])(=[SiH2])[C]1=CC=CC1)c1cc(C(C)(C)C)ccc1-2.F.F. The van der Waals surface area contributed by atoms with Crippen LogP contribution in [-0.2, 0) is 28.2 Å². The third-order valence-electron chi connectivity index (χ3n) is 7.50. The van der Waals surface area contributed by atoms with Crippen molar-refractivity contribution >= 4 is 6.88 Å². The molecule has 4 rings (SSSR count). The number of benzene rings is 2. The molecule has 0 N–H and O–H groups in total. The van der Waals surface area contributed by atoms with E-state index in [1.165, 1.54) is 22.3 Å². The Morgan fingerprint density at radius 1 is 0.781 bits per heavy atom. The molecule has 2 aromatic rings. The Labute approximate surface area is 195 Å². The van der Waals surface area contributed by atoms with Crippen LogP contribution < -0.4 is 0 Å². The molecule has 0 heterocycles. The molecule has 2 aliphatic carbocycles. The summed E-state index contributed by atoms with van der Waals surface area (Å²) >= 11 is -3.27. The molecule has 0 atom stereocenters. The second-order valence-corrected chi connectivity index (χ2v) is 42.4. The van der Waals surface area contributed by atoms with Gasteiger partial charge in [-0.3, -0.25) is 9.41 Å². The van der Waals surface area contributed by atoms with E-state index >= 15 is 0 Å². The van der Waals surface area contributed by atoms with Gasteiger partial charge in [0.15, 0.2) is 0 Å². The average molecular weight is 534 g/mol. The minimum absolute atomic E-state index is 0. The second-order valence-electron chi connectivity index (χ2n) is 12.7. The minimum Gasteiger partial charge on any atom is -0.269 e. The van der Waals surface area contributed by atoms with E-state index in [0.29, 0.717) is 3.63 Å². The van der Waals surface area contributed by atoms with Gasteiger partial charge < -0.3 is 0 Å². The van der Waals surface area contributed by atoms with Gasteiger partial charge >= 0.3 is 187 Å². The van der Waals surface area contributed by atoms with Crippen LogP contribution in [0.2, 0.25) is 9.26 Å². The monoisotopic (exact) mass is 532 g/mol. The number of fused-ring (bicyclic) bond motifs is 3. The molecule has 0 aromatic heterocycles. The van der Waals surface area contributed by atoms with Crippen molar-refractivity contribution in [3.8, 4) is 11.1 Å². The smallest absolute Gasteiger partial charge is 0.269 e. The fourth-order valence-electron chi connectivity index (χ4n) is 5.43. The van der Waals surface area contributed by atoms with Crippen LogP contribution in [-0.4, -0.2) is 6.88 Å². The molecule has 0 fully saturated rings. The average Bonchev–Trinajstić information content (AvgIpc) is 3.26. The third kappa shape index (κ3) is 4.34. The van der Waals surface area contributed by atoms with Crippen LogP contribution in [0.15, 0.2) is 57.9 Å². The van der Waals surface area contributed by atoms with E-state index < -0.39 is 17.4 Å². The van der Waals surface area contributed by atoms with Gasteiger partial charge in [-0.15, -0.1) is 0 Å². The fraction of sp³-hybridized carbons (Fsp3) is 0.429. The molecule has 2 aliphatic rings. The maximum absolute atomic E-state index is 3.27. The first kappa shape index (κ1) is 27.1. The van der Waals surface area contributed by atoms with Gasteiger partial charge in [0.2, 0.25) is 0 Å². The summed E-state index contributed by atoms with van der Waals surface area (Å²) in [6.07, 6.45) is 8.26. The van der Waals surface area contributed by atoms with E-state index in [9.17, 15) is 0 Å². The molecule has 2 aromatic carbocycles. The molecule has 0 amide bonds. The zero-order chi connectivity index (χ0) is 22.1. The van der Waals surface area contributed by atoms with Gasteiger partial charge in [0.1, 0.15) is 0 Å². The van der Waals surface area contributed by atoms with Gasteiger partial charge in [-0.2, -0.15) is 0 Å². The van der Waals surface area contributed by atoms with Crippen LogP contribution in [0.25, 0.3) is 11.1 Å². The summed E-state index contributed by atoms with van der Waals surface area (Å²) in [5.74, 6) is 0. The minimum atomic E-state index is -3.27. The van der Waals surface area contributed by atoms with Crippen LogP contribution >= 0.6 is 0 Å². The Kier molecular flexibility index (Phi) is 7.01. The Morgan fingerprint density at radius 3 is 1.56 bits per heavy atom. The van der Waals surface area contributed by atoms with E-state index in [2.05, 4.69) is 112 Å². The van der Waals surface area contributed by atoms with Gasteiger partial charge in [-0.05, 0) is 0 Å². The van der Waals surface area contributed by atoms with E-state index in [1.807, 2.05) is 0 Å². The van der Waals surface area contributed by atoms with Crippen molar-refractivity contribution in [3.05, 3.63) is 80.2 Å². The van der Waals surface area contributed by atoms with Crippen LogP contribution in [0.3, 0.4) is 0 Å². The van der Waals surface area contributed by atoms with Crippen molar-refractivity contribution in [2.45, 2.75) is 71.7 Å². The topological polar surface area (TPSA) is 0 Å². The second kappa shape index (κ2) is 8.27. The van der Waals surface area contributed by atoms with Gasteiger partial charge in [0.25, 0.3) is 0 Å². The molecule has 0 saturated heterocycles. The number of hydrogen-bond donors (Lipinski definition) is 0. The molecule has 0 saturated carbocycles. The van der Waals surface area contributed by atoms with Crippen LogP contribution in [0.5, 0.6) is 0 Å². The Morgan fingerprint density at radius 2 is 1.22 bits per heavy atom. The molecule has 0 spiro atoms. The van der Waals surface area contributed by atoms with Crippen molar-refractivity contribution in [1.29, 1.82) is 0 Å². The molecule has 0 radical (unpaired) electrons. The summed E-state index contributed by atoms with van der Waals surface area (Å²) in [7, 11) is 0. The van der Waals surface area contributed by atoms with Crippen LogP contribution in [0, 0.1) is 0 Å². The molecule has 0 bridgehead atoms. The van der Waals surface area contributed by atoms with Crippen molar-refractivity contribution in [2.75, 3.05) is 0 Å². The maximum Gasteiger partial charge on any atom is -0.269 e. The van der Waals surface area contributed by atoms with Gasteiger partial charge in [-0.1, -0.05) is 0 Å². The van der Waals surface area contributed by atoms with Crippen molar-refractivity contribution in [2.24, 2.45) is 0 Å². The molecule has 0 nitrogen and oxygen atoms in total. The fourth-order valence-corrected chi connectivity index (χ4v) is 20.1. The number of halogens is 2. The first-order chi connectivity index (χ1) is 13.7. The normalized spacial score (nSPS) is 16.1. The summed E-state index contributed by atoms with van der Waals surface area (Å²) in [5.41, 5.74) is 9.41. The number of rotatable bonds is 2. The standard InChI is InChI=1S/C21H25.C5H5.2CH3.2FH.H2Si.Zr/c1-20(2,3)16-7-9-18-14(12-16)11-15-13-17(21(4,5)6)8-10-19(15)18;1-2-4-5-3-1;;;;;;/h7-13H,1-6H3;1-3H,4H2;2*1H3;2*1H;1H2;. The van der Waals surface area contributed by atoms with Gasteiger partial charge in [0, 0.05) is 0 Å². The van der Waals surface area contributed by atoms with Gasteiger partial charge in [0.05, 0.1) is 0 Å². The van der Waals surface area contributed by atoms with Gasteiger partial charge in [-0.25, -0.2) is 0 Å². The zero-order valence-electron chi connectivity index (χ0n) is 21.0. The third-order valence-corrected chi connectivity index (χ3v) is 24.8. The maximum atomic E-state index is 2.69. The van der Waals surface area contributed by atoms with Crippen LogP contribution in [0.1, 0.15) is 73.8 Å². The molecule has 174 valence electrons. The Bertz CT molecular complexity index is 1100. The molecular formula is C28H40F2SiZr. The molecular weight excluding hydrogens is 494 g/mol. The van der Waals surface area contributed by atoms with Crippen molar-refractivity contribution in [1.82, 2.24) is 0 Å². The van der Waals surface area contributed by atoms with E-state index in [-0.39, 0.29) is 20.2 Å². The Balaban J connectivity index is 0.00000181. The summed E-state index contributed by atoms with van der Waals surface area (Å²) in [6, 6.07) is 14.7. The zero-order valence-corrected chi connectivity index (χ0v) is 24.9. The summed E-state index contributed by atoms with van der Waals surface area (Å²) in [5, 5.41) is 0. The molecule has 32 heavy (non-hydrogen) atoms. The van der Waals surface area contributed by atoms with E-state index in [0.717, 1.165) is 6.42 Å².